The van der Waals surface area contributed by atoms with E-state index in [1.165, 1.54) is 25.7 Å². The van der Waals surface area contributed by atoms with Crippen LogP contribution in [0, 0.1) is 18.3 Å². The van der Waals surface area contributed by atoms with Crippen LogP contribution < -0.4 is 10.6 Å². The van der Waals surface area contributed by atoms with E-state index < -0.39 is 0 Å². The summed E-state index contributed by atoms with van der Waals surface area (Å²) in [4.78, 5) is 8.96. The Labute approximate surface area is 148 Å². The molecule has 25 heavy (non-hydrogen) atoms. The number of anilines is 3. The number of aryl methyl sites for hydroxylation is 1. The van der Waals surface area contributed by atoms with Crippen LogP contribution in [0.3, 0.4) is 0 Å². The van der Waals surface area contributed by atoms with Crippen LogP contribution in [0.1, 0.15) is 43.4 Å². The fraction of sp³-hybridized carbons (Fsp3) is 0.350. The van der Waals surface area contributed by atoms with Gasteiger partial charge in [0.2, 0.25) is 5.95 Å². The summed E-state index contributed by atoms with van der Waals surface area (Å²) in [7, 11) is 0. The van der Waals surface area contributed by atoms with Crippen LogP contribution in [-0.4, -0.2) is 16.5 Å². The molecular formula is C20H23N5. The fourth-order valence-corrected chi connectivity index (χ4v) is 2.99. The van der Waals surface area contributed by atoms with Gasteiger partial charge in [0.05, 0.1) is 11.6 Å². The van der Waals surface area contributed by atoms with Crippen LogP contribution >= 0.6 is 0 Å². The topological polar surface area (TPSA) is 73.6 Å². The molecule has 128 valence electrons. The van der Waals surface area contributed by atoms with Crippen LogP contribution in [0.5, 0.6) is 0 Å². The number of rotatable bonds is 6. The van der Waals surface area contributed by atoms with Crippen LogP contribution in [0.25, 0.3) is 0 Å². The van der Waals surface area contributed by atoms with Gasteiger partial charge in [0, 0.05) is 24.0 Å². The lowest BCUT2D eigenvalue weighted by molar-refractivity contribution is 0.679. The van der Waals surface area contributed by atoms with Crippen molar-refractivity contribution in [2.75, 3.05) is 17.2 Å². The fourth-order valence-electron chi connectivity index (χ4n) is 2.99. The number of nitriles is 1. The van der Waals surface area contributed by atoms with E-state index in [0.717, 1.165) is 30.2 Å². The second-order valence-electron chi connectivity index (χ2n) is 6.32. The Morgan fingerprint density at radius 2 is 2.12 bits per heavy atom. The monoisotopic (exact) mass is 333 g/mol. The highest BCUT2D eigenvalue weighted by Gasteiger charge is 2.06. The molecule has 0 bridgehead atoms. The van der Waals surface area contributed by atoms with E-state index in [1.807, 2.05) is 25.1 Å². The molecule has 0 aliphatic heterocycles. The highest BCUT2D eigenvalue weighted by atomic mass is 15.1. The maximum absolute atomic E-state index is 9.00. The molecule has 0 radical (unpaired) electrons. The molecule has 0 spiro atoms. The zero-order valence-corrected chi connectivity index (χ0v) is 14.5. The standard InChI is InChI=1S/C20H23N5/c1-15-12-19(22-11-10-16-6-3-2-4-7-16)25-20(23-15)24-18-9-5-8-17(13-18)14-21/h5-6,8-9,12-13H,2-4,7,10-11H2,1H3,(H2,22,23,24,25). The molecule has 0 amide bonds. The average molecular weight is 333 g/mol. The van der Waals surface area contributed by atoms with Crippen molar-refractivity contribution in [3.8, 4) is 6.07 Å². The van der Waals surface area contributed by atoms with Crippen molar-refractivity contribution >= 4 is 17.5 Å². The number of hydrogen-bond acceptors (Lipinski definition) is 5. The van der Waals surface area contributed by atoms with Crippen molar-refractivity contribution in [3.63, 3.8) is 0 Å². The van der Waals surface area contributed by atoms with Crippen LogP contribution in [-0.2, 0) is 0 Å². The van der Waals surface area contributed by atoms with Crippen molar-refractivity contribution in [2.24, 2.45) is 0 Å². The Morgan fingerprint density at radius 3 is 2.92 bits per heavy atom. The predicted molar refractivity (Wildman–Crippen MR) is 101 cm³/mol. The summed E-state index contributed by atoms with van der Waals surface area (Å²) < 4.78 is 0. The minimum atomic E-state index is 0.537. The summed E-state index contributed by atoms with van der Waals surface area (Å²) in [5.41, 5.74) is 3.87. The lowest BCUT2D eigenvalue weighted by Crippen LogP contribution is -2.08. The first-order chi connectivity index (χ1) is 12.2. The quantitative estimate of drug-likeness (QED) is 0.749. The summed E-state index contributed by atoms with van der Waals surface area (Å²) >= 11 is 0. The van der Waals surface area contributed by atoms with Crippen molar-refractivity contribution in [2.45, 2.75) is 39.0 Å². The molecule has 1 aromatic heterocycles. The molecule has 0 saturated carbocycles. The highest BCUT2D eigenvalue weighted by Crippen LogP contribution is 2.21. The van der Waals surface area contributed by atoms with Crippen LogP contribution in [0.15, 0.2) is 42.0 Å². The molecule has 0 unspecified atom stereocenters. The smallest absolute Gasteiger partial charge is 0.229 e. The molecule has 0 saturated heterocycles. The third-order valence-electron chi connectivity index (χ3n) is 4.24. The second kappa shape index (κ2) is 8.29. The summed E-state index contributed by atoms with van der Waals surface area (Å²) in [6.45, 7) is 2.83. The first-order valence-electron chi connectivity index (χ1n) is 8.77. The lowest BCUT2D eigenvalue weighted by atomic mass is 9.97. The molecule has 5 heteroatoms. The van der Waals surface area contributed by atoms with E-state index >= 15 is 0 Å². The van der Waals surface area contributed by atoms with Crippen molar-refractivity contribution in [3.05, 3.63) is 53.2 Å². The van der Waals surface area contributed by atoms with Gasteiger partial charge in [-0.25, -0.2) is 4.98 Å². The molecule has 5 nitrogen and oxygen atoms in total. The molecule has 3 rings (SSSR count). The Morgan fingerprint density at radius 1 is 1.20 bits per heavy atom. The molecule has 1 heterocycles. The molecule has 1 aliphatic carbocycles. The minimum absolute atomic E-state index is 0.537. The van der Waals surface area contributed by atoms with E-state index in [1.54, 1.807) is 17.7 Å². The van der Waals surface area contributed by atoms with Crippen molar-refractivity contribution in [1.29, 1.82) is 5.26 Å². The van der Waals surface area contributed by atoms with Gasteiger partial charge in [0.1, 0.15) is 5.82 Å². The SMILES string of the molecule is Cc1cc(NCCC2=CCCCC2)nc(Nc2cccc(C#N)c2)n1. The average Bonchev–Trinajstić information content (AvgIpc) is 2.62. The number of nitrogens with one attached hydrogen (secondary N) is 2. The molecular weight excluding hydrogens is 310 g/mol. The number of allylic oxidation sites excluding steroid dienone is 1. The Hall–Kier alpha value is -2.87. The third-order valence-corrected chi connectivity index (χ3v) is 4.24. The highest BCUT2D eigenvalue weighted by molar-refractivity contribution is 5.57. The maximum Gasteiger partial charge on any atom is 0.229 e. The van der Waals surface area contributed by atoms with Gasteiger partial charge < -0.3 is 10.6 Å². The zero-order valence-electron chi connectivity index (χ0n) is 14.5. The zero-order chi connectivity index (χ0) is 17.5. The molecule has 0 fully saturated rings. The first-order valence-corrected chi connectivity index (χ1v) is 8.77. The summed E-state index contributed by atoms with van der Waals surface area (Å²) in [6.07, 6.45) is 8.53. The van der Waals surface area contributed by atoms with E-state index in [-0.39, 0.29) is 0 Å². The van der Waals surface area contributed by atoms with Gasteiger partial charge in [-0.05, 0) is 57.2 Å². The Balaban J connectivity index is 1.63. The number of hydrogen-bond donors (Lipinski definition) is 2. The summed E-state index contributed by atoms with van der Waals surface area (Å²) in [5.74, 6) is 1.36. The summed E-state index contributed by atoms with van der Waals surface area (Å²) in [5, 5.41) is 15.6. The van der Waals surface area contributed by atoms with E-state index in [9.17, 15) is 0 Å². The van der Waals surface area contributed by atoms with E-state index in [4.69, 9.17) is 5.26 Å². The maximum atomic E-state index is 9.00. The first kappa shape index (κ1) is 17.0. The minimum Gasteiger partial charge on any atom is -0.370 e. The molecule has 2 N–H and O–H groups in total. The Bertz CT molecular complexity index is 804. The van der Waals surface area contributed by atoms with Gasteiger partial charge in [0.25, 0.3) is 0 Å². The number of nitrogens with zero attached hydrogens (tertiary/aromatic N) is 3. The van der Waals surface area contributed by atoms with Gasteiger partial charge in [0.15, 0.2) is 0 Å². The number of aromatic nitrogens is 2. The second-order valence-corrected chi connectivity index (χ2v) is 6.32. The predicted octanol–water partition coefficient (Wildman–Crippen LogP) is 4.70. The normalized spacial score (nSPS) is 13.7. The van der Waals surface area contributed by atoms with Gasteiger partial charge in [-0.2, -0.15) is 10.2 Å². The van der Waals surface area contributed by atoms with Gasteiger partial charge >= 0.3 is 0 Å². The lowest BCUT2D eigenvalue weighted by Gasteiger charge is -2.14. The van der Waals surface area contributed by atoms with Gasteiger partial charge in [-0.15, -0.1) is 0 Å². The molecule has 1 aliphatic rings. The van der Waals surface area contributed by atoms with Crippen molar-refractivity contribution < 1.29 is 0 Å². The van der Waals surface area contributed by atoms with Gasteiger partial charge in [-0.1, -0.05) is 17.7 Å². The summed E-state index contributed by atoms with van der Waals surface area (Å²) in [6, 6.07) is 11.4. The molecule has 0 atom stereocenters. The number of benzene rings is 1. The van der Waals surface area contributed by atoms with E-state index in [0.29, 0.717) is 11.5 Å². The van der Waals surface area contributed by atoms with Crippen LogP contribution in [0.4, 0.5) is 17.5 Å². The van der Waals surface area contributed by atoms with Gasteiger partial charge in [-0.3, -0.25) is 0 Å². The van der Waals surface area contributed by atoms with E-state index in [2.05, 4.69) is 32.7 Å². The molecule has 2 aromatic rings. The largest absolute Gasteiger partial charge is 0.370 e. The van der Waals surface area contributed by atoms with Crippen molar-refractivity contribution in [1.82, 2.24) is 9.97 Å². The third kappa shape index (κ3) is 5.05. The molecule has 1 aromatic carbocycles. The van der Waals surface area contributed by atoms with Crippen LogP contribution in [0.2, 0.25) is 0 Å². The Kier molecular flexibility index (Phi) is 5.63.